The minimum atomic E-state index is -3.77. The summed E-state index contributed by atoms with van der Waals surface area (Å²) >= 11 is 1.05. The SMILES string of the molecule is Cc1csc(S(=O)(=O)Nc2cccc3cc(C(N)=O)[nH]c23)n1. The lowest BCUT2D eigenvalue weighted by Gasteiger charge is -2.06. The van der Waals surface area contributed by atoms with Crippen LogP contribution in [0.3, 0.4) is 0 Å². The lowest BCUT2D eigenvalue weighted by molar-refractivity contribution is 0.0996. The highest BCUT2D eigenvalue weighted by atomic mass is 32.2. The van der Waals surface area contributed by atoms with E-state index in [0.717, 1.165) is 11.3 Å². The molecule has 1 amide bonds. The molecule has 0 aliphatic heterocycles. The Balaban J connectivity index is 2.05. The van der Waals surface area contributed by atoms with E-state index in [4.69, 9.17) is 5.73 Å². The molecule has 0 bridgehead atoms. The maximum Gasteiger partial charge on any atom is 0.289 e. The first-order valence-corrected chi connectivity index (χ1v) is 8.59. The molecule has 1 aromatic carbocycles. The molecule has 114 valence electrons. The summed E-state index contributed by atoms with van der Waals surface area (Å²) in [5, 5.41) is 2.35. The Morgan fingerprint density at radius 3 is 2.82 bits per heavy atom. The number of para-hydroxylation sites is 1. The van der Waals surface area contributed by atoms with Crippen molar-refractivity contribution in [3.63, 3.8) is 0 Å². The van der Waals surface area contributed by atoms with Gasteiger partial charge in [-0.25, -0.2) is 4.98 Å². The molecule has 0 spiro atoms. The number of aromatic nitrogens is 2. The molecule has 0 aliphatic carbocycles. The number of aromatic amines is 1. The second-order valence-electron chi connectivity index (χ2n) is 4.68. The number of sulfonamides is 1. The van der Waals surface area contributed by atoms with Crippen LogP contribution in [-0.2, 0) is 10.0 Å². The van der Waals surface area contributed by atoms with Gasteiger partial charge >= 0.3 is 0 Å². The van der Waals surface area contributed by atoms with Crippen molar-refractivity contribution >= 4 is 43.9 Å². The molecule has 4 N–H and O–H groups in total. The van der Waals surface area contributed by atoms with Gasteiger partial charge < -0.3 is 10.7 Å². The van der Waals surface area contributed by atoms with Gasteiger partial charge in [0.2, 0.25) is 4.34 Å². The minimum Gasteiger partial charge on any atom is -0.364 e. The highest BCUT2D eigenvalue weighted by Crippen LogP contribution is 2.26. The van der Waals surface area contributed by atoms with Crippen LogP contribution in [0.2, 0.25) is 0 Å². The molecule has 0 unspecified atom stereocenters. The summed E-state index contributed by atoms with van der Waals surface area (Å²) in [6, 6.07) is 6.61. The molecule has 2 aromatic heterocycles. The normalized spacial score (nSPS) is 11.7. The molecule has 3 aromatic rings. The number of rotatable bonds is 4. The van der Waals surface area contributed by atoms with Crippen LogP contribution in [0.1, 0.15) is 16.2 Å². The molecule has 0 aliphatic rings. The molecule has 2 heterocycles. The van der Waals surface area contributed by atoms with Crippen molar-refractivity contribution < 1.29 is 13.2 Å². The molecule has 0 saturated carbocycles. The van der Waals surface area contributed by atoms with E-state index in [-0.39, 0.29) is 10.0 Å². The van der Waals surface area contributed by atoms with Gasteiger partial charge in [0.05, 0.1) is 11.2 Å². The fraction of sp³-hybridized carbons (Fsp3) is 0.0769. The number of amides is 1. The van der Waals surface area contributed by atoms with Crippen molar-refractivity contribution in [3.8, 4) is 0 Å². The Kier molecular flexibility index (Phi) is 3.38. The number of carbonyl (C=O) groups is 1. The topological polar surface area (TPSA) is 118 Å². The zero-order valence-electron chi connectivity index (χ0n) is 11.5. The monoisotopic (exact) mass is 336 g/mol. The summed E-state index contributed by atoms with van der Waals surface area (Å²) in [7, 11) is -3.77. The van der Waals surface area contributed by atoms with E-state index >= 15 is 0 Å². The predicted octanol–water partition coefficient (Wildman–Crippen LogP) is 1.83. The molecule has 3 rings (SSSR count). The van der Waals surface area contributed by atoms with E-state index in [1.807, 2.05) is 0 Å². The van der Waals surface area contributed by atoms with Gasteiger partial charge in [-0.3, -0.25) is 9.52 Å². The van der Waals surface area contributed by atoms with Crippen LogP contribution in [0.5, 0.6) is 0 Å². The second-order valence-corrected chi connectivity index (χ2v) is 7.39. The Bertz CT molecular complexity index is 972. The van der Waals surface area contributed by atoms with Crippen molar-refractivity contribution in [3.05, 3.63) is 41.0 Å². The number of hydrogen-bond donors (Lipinski definition) is 3. The number of benzene rings is 1. The summed E-state index contributed by atoms with van der Waals surface area (Å²) in [4.78, 5) is 18.0. The highest BCUT2D eigenvalue weighted by Gasteiger charge is 2.20. The number of nitrogens with two attached hydrogens (primary N) is 1. The number of nitrogens with zero attached hydrogens (tertiary/aromatic N) is 1. The van der Waals surface area contributed by atoms with Gasteiger partial charge in [0.25, 0.3) is 15.9 Å². The van der Waals surface area contributed by atoms with E-state index < -0.39 is 15.9 Å². The van der Waals surface area contributed by atoms with Gasteiger partial charge in [-0.15, -0.1) is 11.3 Å². The quantitative estimate of drug-likeness (QED) is 0.673. The summed E-state index contributed by atoms with van der Waals surface area (Å²) in [5.74, 6) is -0.611. The fourth-order valence-corrected chi connectivity index (χ4v) is 4.13. The lowest BCUT2D eigenvalue weighted by Crippen LogP contribution is -2.13. The second kappa shape index (κ2) is 5.11. The van der Waals surface area contributed by atoms with Crippen molar-refractivity contribution in [2.24, 2.45) is 5.73 Å². The minimum absolute atomic E-state index is 0.0105. The van der Waals surface area contributed by atoms with Crippen LogP contribution >= 0.6 is 11.3 Å². The molecular weight excluding hydrogens is 324 g/mol. The number of hydrogen-bond acceptors (Lipinski definition) is 5. The number of thiazole rings is 1. The van der Waals surface area contributed by atoms with Gasteiger partial charge in [-0.2, -0.15) is 8.42 Å². The van der Waals surface area contributed by atoms with Crippen molar-refractivity contribution in [1.29, 1.82) is 0 Å². The first-order valence-electron chi connectivity index (χ1n) is 6.23. The van der Waals surface area contributed by atoms with Crippen LogP contribution in [0.15, 0.2) is 34.0 Å². The van der Waals surface area contributed by atoms with Gasteiger partial charge in [0.15, 0.2) is 0 Å². The average molecular weight is 336 g/mol. The third-order valence-corrected chi connectivity index (χ3v) is 5.73. The zero-order valence-corrected chi connectivity index (χ0v) is 13.1. The third kappa shape index (κ3) is 2.55. The summed E-state index contributed by atoms with van der Waals surface area (Å²) in [6.07, 6.45) is 0. The van der Waals surface area contributed by atoms with E-state index in [2.05, 4.69) is 14.7 Å². The van der Waals surface area contributed by atoms with E-state index in [9.17, 15) is 13.2 Å². The molecule has 7 nitrogen and oxygen atoms in total. The van der Waals surface area contributed by atoms with Crippen molar-refractivity contribution in [2.75, 3.05) is 4.72 Å². The largest absolute Gasteiger partial charge is 0.364 e. The first-order chi connectivity index (χ1) is 10.4. The number of H-pyrrole nitrogens is 1. The summed E-state index contributed by atoms with van der Waals surface area (Å²) < 4.78 is 27.1. The van der Waals surface area contributed by atoms with Gasteiger partial charge in [-0.1, -0.05) is 12.1 Å². The number of anilines is 1. The first kappa shape index (κ1) is 14.5. The molecule has 0 fully saturated rings. The molecule has 0 radical (unpaired) electrons. The number of fused-ring (bicyclic) bond motifs is 1. The lowest BCUT2D eigenvalue weighted by atomic mass is 10.2. The van der Waals surface area contributed by atoms with E-state index in [1.54, 1.807) is 36.6 Å². The number of aryl methyl sites for hydroxylation is 1. The maximum atomic E-state index is 12.3. The standard InChI is InChI=1S/C13H12N4O3S2/c1-7-6-21-13(15-7)22(19,20)17-9-4-2-3-8-5-10(12(14)18)16-11(8)9/h2-6,16-17H,1H3,(H2,14,18). The van der Waals surface area contributed by atoms with Gasteiger partial charge in [0, 0.05) is 16.5 Å². The third-order valence-electron chi connectivity index (χ3n) is 2.99. The number of nitrogens with one attached hydrogen (secondary N) is 2. The van der Waals surface area contributed by atoms with E-state index in [1.165, 1.54) is 0 Å². The predicted molar refractivity (Wildman–Crippen MR) is 84.5 cm³/mol. The zero-order chi connectivity index (χ0) is 15.9. The van der Waals surface area contributed by atoms with Crippen molar-refractivity contribution in [1.82, 2.24) is 9.97 Å². The van der Waals surface area contributed by atoms with Crippen LogP contribution in [0.25, 0.3) is 10.9 Å². The van der Waals surface area contributed by atoms with Crippen LogP contribution in [0.4, 0.5) is 5.69 Å². The van der Waals surface area contributed by atoms with E-state index in [0.29, 0.717) is 22.3 Å². The van der Waals surface area contributed by atoms with Crippen molar-refractivity contribution in [2.45, 2.75) is 11.3 Å². The number of carbonyl (C=O) groups excluding carboxylic acids is 1. The Hall–Kier alpha value is -2.39. The van der Waals surface area contributed by atoms with Gasteiger partial charge in [-0.05, 0) is 19.1 Å². The molecule has 0 saturated heterocycles. The van der Waals surface area contributed by atoms with Gasteiger partial charge in [0.1, 0.15) is 5.69 Å². The average Bonchev–Trinajstić information content (AvgIpc) is 3.05. The Morgan fingerprint density at radius 2 is 2.18 bits per heavy atom. The highest BCUT2D eigenvalue weighted by molar-refractivity contribution is 7.94. The Labute approximate surface area is 130 Å². The van der Waals surface area contributed by atoms with Crippen LogP contribution in [0, 0.1) is 6.92 Å². The molecular formula is C13H12N4O3S2. The van der Waals surface area contributed by atoms with Crippen LogP contribution in [-0.4, -0.2) is 24.3 Å². The molecule has 9 heteroatoms. The fourth-order valence-electron chi connectivity index (χ4n) is 2.02. The summed E-state index contributed by atoms with van der Waals surface area (Å²) in [5.41, 5.74) is 6.91. The van der Waals surface area contributed by atoms with Crippen LogP contribution < -0.4 is 10.5 Å². The smallest absolute Gasteiger partial charge is 0.289 e. The maximum absolute atomic E-state index is 12.3. The molecule has 22 heavy (non-hydrogen) atoms. The number of primary amides is 1. The molecule has 0 atom stereocenters. The summed E-state index contributed by atoms with van der Waals surface area (Å²) in [6.45, 7) is 1.72. The Morgan fingerprint density at radius 1 is 1.41 bits per heavy atom.